The molecule has 0 aliphatic carbocycles. The third-order valence-corrected chi connectivity index (χ3v) is 1.68. The molecule has 0 aromatic rings. The molecule has 0 aliphatic heterocycles. The predicted octanol–water partition coefficient (Wildman–Crippen LogP) is 3.36. The first-order valence-corrected chi connectivity index (χ1v) is 4.26. The number of hydrogen-bond donors (Lipinski definition) is 0. The van der Waals surface area contributed by atoms with Crippen LogP contribution in [0, 0.1) is 6.43 Å². The quantitative estimate of drug-likeness (QED) is 0.548. The van der Waals surface area contributed by atoms with E-state index < -0.39 is 43.3 Å². The fraction of sp³-hybridized carbons (Fsp3) is 0.714. The monoisotopic (exact) mass is 343 g/mol. The minimum absolute atomic E-state index is 1.80. The first-order chi connectivity index (χ1) is 9.13. The van der Waals surface area contributed by atoms with Crippen molar-refractivity contribution in [2.75, 3.05) is 6.86 Å². The molecular weight excluding hydrogens is 341 g/mol. The highest BCUT2D eigenvalue weighted by Crippen LogP contribution is 2.49. The summed E-state index contributed by atoms with van der Waals surface area (Å²) in [4.78, 5) is 10.2. The van der Waals surface area contributed by atoms with Gasteiger partial charge < -0.3 is 4.74 Å². The van der Waals surface area contributed by atoms with Gasteiger partial charge in [0.15, 0.2) is 0 Å². The van der Waals surface area contributed by atoms with Crippen molar-refractivity contribution in [2.45, 2.75) is 24.1 Å². The summed E-state index contributed by atoms with van der Waals surface area (Å²) in [6.07, 6.45) is -18.1. The number of rotatable bonds is 6. The van der Waals surface area contributed by atoms with Crippen LogP contribution in [0.15, 0.2) is 0 Å². The molecule has 0 aromatic heterocycles. The van der Waals surface area contributed by atoms with Crippen LogP contribution in [-0.2, 0) is 14.3 Å². The van der Waals surface area contributed by atoms with Gasteiger partial charge in [0.05, 0.1) is 0 Å². The number of halogens is 11. The van der Waals surface area contributed by atoms with E-state index >= 15 is 0 Å². The van der Waals surface area contributed by atoms with Gasteiger partial charge >= 0.3 is 36.5 Å². The van der Waals surface area contributed by atoms with Crippen LogP contribution in [0.25, 0.3) is 0 Å². The average Bonchev–Trinajstić information content (AvgIpc) is 2.26. The largest absolute Gasteiger partial charge is 0.455 e. The average molecular weight is 343 g/mol. The van der Waals surface area contributed by atoms with Crippen molar-refractivity contribution in [3.63, 3.8) is 0 Å². The number of alkyl halides is 9. The summed E-state index contributed by atoms with van der Waals surface area (Å²) in [7, 11) is 0. The van der Waals surface area contributed by atoms with E-state index in [0.717, 1.165) is 0 Å². The lowest BCUT2D eigenvalue weighted by Gasteiger charge is -2.32. The Balaban J connectivity index is 5.57. The van der Waals surface area contributed by atoms with Crippen molar-refractivity contribution in [2.24, 2.45) is 0 Å². The normalized spacial score (nSPS) is 16.8. The Labute approximate surface area is 107 Å². The van der Waals surface area contributed by atoms with Crippen molar-refractivity contribution < 1.29 is 62.6 Å². The second-order valence-electron chi connectivity index (χ2n) is 3.09. The first kappa shape index (κ1) is 19.7. The van der Waals surface area contributed by atoms with E-state index in [-0.39, 0.29) is 0 Å². The van der Waals surface area contributed by atoms with Crippen LogP contribution < -0.4 is 0 Å². The molecule has 125 valence electrons. The molecule has 0 heterocycles. The first-order valence-electron chi connectivity index (χ1n) is 4.26. The van der Waals surface area contributed by atoms with E-state index in [1.807, 2.05) is 0 Å². The van der Waals surface area contributed by atoms with E-state index in [1.54, 1.807) is 4.74 Å². The Bertz CT molecular complexity index is 379. The molecule has 14 heteroatoms. The van der Waals surface area contributed by atoms with Gasteiger partial charge in [-0.1, -0.05) is 0 Å². The van der Waals surface area contributed by atoms with Crippen LogP contribution >= 0.6 is 0 Å². The maximum absolute atomic E-state index is 12.7. The van der Waals surface area contributed by atoms with Gasteiger partial charge in [-0.3, -0.25) is 4.74 Å². The van der Waals surface area contributed by atoms with Crippen molar-refractivity contribution >= 4 is 5.97 Å². The Morgan fingerprint density at radius 3 is 1.62 bits per heavy atom. The molecule has 0 saturated heterocycles. The molecule has 0 rings (SSSR count). The van der Waals surface area contributed by atoms with E-state index in [2.05, 4.69) is 4.74 Å². The van der Waals surface area contributed by atoms with Crippen LogP contribution in [0.5, 0.6) is 0 Å². The number of esters is 1. The zero-order chi connectivity index (χ0) is 17.3. The maximum atomic E-state index is 12.7. The molecule has 21 heavy (non-hydrogen) atoms. The second-order valence-corrected chi connectivity index (χ2v) is 3.09. The molecule has 0 fully saturated rings. The lowest BCUT2D eigenvalue weighted by Crippen LogP contribution is -2.58. The van der Waals surface area contributed by atoms with Crippen LogP contribution in [0.2, 0.25) is 0 Å². The van der Waals surface area contributed by atoms with Gasteiger partial charge in [0.25, 0.3) is 0 Å². The van der Waals surface area contributed by atoms with Crippen LogP contribution in [0.4, 0.5) is 48.3 Å². The van der Waals surface area contributed by atoms with Gasteiger partial charge in [0.1, 0.15) is 0 Å². The van der Waals surface area contributed by atoms with Gasteiger partial charge in [-0.05, 0) is 0 Å². The van der Waals surface area contributed by atoms with Crippen LogP contribution in [0.3, 0.4) is 0 Å². The highest BCUT2D eigenvalue weighted by molar-refractivity contribution is 5.78. The fourth-order valence-electron chi connectivity index (χ4n) is 0.703. The van der Waals surface area contributed by atoms with Crippen molar-refractivity contribution in [1.29, 1.82) is 0 Å². The van der Waals surface area contributed by atoms with Crippen molar-refractivity contribution in [1.82, 2.24) is 0 Å². The maximum Gasteiger partial charge on any atom is 0.455 e. The Hall–Kier alpha value is -1.34. The van der Waals surface area contributed by atoms with Gasteiger partial charge in [-0.2, -0.15) is 43.9 Å². The number of carbonyl (C=O) groups excluding carboxylic acids is 1. The molecule has 1 radical (unpaired) electrons. The molecule has 1 unspecified atom stereocenters. The summed E-state index contributed by atoms with van der Waals surface area (Å²) < 4.78 is 138. The molecular formula is C7H2F11O3. The number of hydrogen-bond acceptors (Lipinski definition) is 3. The number of ether oxygens (including phenoxy) is 2. The minimum Gasteiger partial charge on any atom is -0.429 e. The Morgan fingerprint density at radius 2 is 1.33 bits per heavy atom. The van der Waals surface area contributed by atoms with Crippen molar-refractivity contribution in [3.05, 3.63) is 6.43 Å². The Kier molecular flexibility index (Phi) is 5.44. The Morgan fingerprint density at radius 1 is 0.905 bits per heavy atom. The lowest BCUT2D eigenvalue weighted by molar-refractivity contribution is -0.449. The van der Waals surface area contributed by atoms with Crippen LogP contribution in [-0.4, -0.2) is 36.9 Å². The standard InChI is InChI=1S/C7H2F11O3/c8-1-20-3(19)4(11,12)7(17,18)21-5(13,2(9)10)6(14,15)16/h1H2. The molecule has 0 N–H and O–H groups in total. The van der Waals surface area contributed by atoms with Crippen molar-refractivity contribution in [3.8, 4) is 0 Å². The van der Waals surface area contributed by atoms with E-state index in [1.165, 1.54) is 0 Å². The molecule has 0 saturated carbocycles. The minimum atomic E-state index is -6.88. The summed E-state index contributed by atoms with van der Waals surface area (Å²) in [6.45, 7) is -2.39. The molecule has 0 amide bonds. The third-order valence-electron chi connectivity index (χ3n) is 1.68. The zero-order valence-corrected chi connectivity index (χ0v) is 9.09. The summed E-state index contributed by atoms with van der Waals surface area (Å²) >= 11 is 0. The highest BCUT2D eigenvalue weighted by Gasteiger charge is 2.76. The number of carbonyl (C=O) groups is 1. The summed E-state index contributed by atoms with van der Waals surface area (Å²) in [6, 6.07) is 0. The molecule has 0 aliphatic rings. The molecule has 0 bridgehead atoms. The summed E-state index contributed by atoms with van der Waals surface area (Å²) in [5.74, 6) is -16.4. The molecule has 1 atom stereocenters. The molecule has 0 aromatic carbocycles. The molecule has 3 nitrogen and oxygen atoms in total. The van der Waals surface area contributed by atoms with Gasteiger partial charge in [-0.15, -0.1) is 0 Å². The van der Waals surface area contributed by atoms with Gasteiger partial charge in [0, 0.05) is 0 Å². The van der Waals surface area contributed by atoms with E-state index in [4.69, 9.17) is 0 Å². The topological polar surface area (TPSA) is 35.5 Å². The highest BCUT2D eigenvalue weighted by atomic mass is 19.4. The van der Waals surface area contributed by atoms with Crippen LogP contribution in [0.1, 0.15) is 0 Å². The van der Waals surface area contributed by atoms with Gasteiger partial charge in [0.2, 0.25) is 6.86 Å². The predicted molar refractivity (Wildman–Crippen MR) is 38.4 cm³/mol. The van der Waals surface area contributed by atoms with E-state index in [9.17, 15) is 53.1 Å². The zero-order valence-electron chi connectivity index (χ0n) is 9.09. The van der Waals surface area contributed by atoms with Gasteiger partial charge in [-0.25, -0.2) is 9.18 Å². The SMILES string of the molecule is O=C(OCF)C(F)(F)C(F)(F)OC(F)([C](F)F)C(F)(F)F. The lowest BCUT2D eigenvalue weighted by atomic mass is 10.2. The summed E-state index contributed by atoms with van der Waals surface area (Å²) in [5.41, 5.74) is 0. The molecule has 0 spiro atoms. The smallest absolute Gasteiger partial charge is 0.429 e. The fourth-order valence-corrected chi connectivity index (χ4v) is 0.703. The third kappa shape index (κ3) is 3.65. The van der Waals surface area contributed by atoms with E-state index in [0.29, 0.717) is 0 Å². The summed E-state index contributed by atoms with van der Waals surface area (Å²) in [5, 5.41) is 0. The second kappa shape index (κ2) is 5.81.